The predicted molar refractivity (Wildman–Crippen MR) is 144 cm³/mol. The summed E-state index contributed by atoms with van der Waals surface area (Å²) in [5, 5.41) is 5.92. The molecule has 3 amide bonds. The van der Waals surface area contributed by atoms with Crippen molar-refractivity contribution < 1.29 is 19.1 Å². The lowest BCUT2D eigenvalue weighted by Crippen LogP contribution is -2.59. The van der Waals surface area contributed by atoms with Crippen LogP contribution in [0.25, 0.3) is 0 Å². The van der Waals surface area contributed by atoms with Gasteiger partial charge in [-0.05, 0) is 64.9 Å². The number of ether oxygens (including phenoxy) is 1. The van der Waals surface area contributed by atoms with Crippen molar-refractivity contribution in [3.05, 3.63) is 35.4 Å². The van der Waals surface area contributed by atoms with Gasteiger partial charge in [0.15, 0.2) is 0 Å². The number of carbonyl (C=O) groups excluding carboxylic acids is 3. The maximum absolute atomic E-state index is 14.2. The number of nitrogens with one attached hydrogen (secondary N) is 2. The summed E-state index contributed by atoms with van der Waals surface area (Å²) in [6, 6.07) is 6.23. The molecule has 2 rings (SSSR count). The second kappa shape index (κ2) is 13.7. The Hall–Kier alpha value is -2.57. The summed E-state index contributed by atoms with van der Waals surface area (Å²) >= 11 is 0. The zero-order valence-electron chi connectivity index (χ0n) is 23.4. The minimum Gasteiger partial charge on any atom is -0.444 e. The molecule has 0 aromatic heterocycles. The van der Waals surface area contributed by atoms with Crippen molar-refractivity contribution in [2.24, 2.45) is 5.92 Å². The van der Waals surface area contributed by atoms with Crippen molar-refractivity contribution in [2.75, 3.05) is 6.54 Å². The maximum atomic E-state index is 14.2. The fourth-order valence-corrected chi connectivity index (χ4v) is 4.33. The van der Waals surface area contributed by atoms with Crippen LogP contribution in [0, 0.1) is 12.8 Å². The molecular formula is C29H47N3O4. The first-order chi connectivity index (χ1) is 17.0. The molecule has 3 atom stereocenters. The molecule has 1 saturated carbocycles. The van der Waals surface area contributed by atoms with Gasteiger partial charge in [-0.25, -0.2) is 4.79 Å². The molecule has 1 aromatic carbocycles. The molecule has 1 aliphatic rings. The Balaban J connectivity index is 2.43. The Morgan fingerprint density at radius 2 is 1.72 bits per heavy atom. The van der Waals surface area contributed by atoms with Crippen molar-refractivity contribution in [1.82, 2.24) is 15.5 Å². The summed E-state index contributed by atoms with van der Waals surface area (Å²) in [5.74, 6) is -0.525. The minimum absolute atomic E-state index is 0.0443. The molecular weight excluding hydrogens is 454 g/mol. The molecule has 36 heavy (non-hydrogen) atoms. The van der Waals surface area contributed by atoms with Crippen LogP contribution in [0.15, 0.2) is 24.3 Å². The van der Waals surface area contributed by atoms with Gasteiger partial charge in [-0.1, -0.05) is 69.9 Å². The number of carbonyl (C=O) groups is 3. The second-order valence-corrected chi connectivity index (χ2v) is 11.2. The topological polar surface area (TPSA) is 87.7 Å². The highest BCUT2D eigenvalue weighted by molar-refractivity contribution is 5.92. The number of unbranched alkanes of at least 4 members (excludes halogenated alkanes) is 2. The van der Waals surface area contributed by atoms with Crippen LogP contribution in [-0.2, 0) is 14.3 Å². The van der Waals surface area contributed by atoms with E-state index in [2.05, 4.69) is 17.6 Å². The highest BCUT2D eigenvalue weighted by atomic mass is 16.6. The van der Waals surface area contributed by atoms with Crippen LogP contribution in [0.5, 0.6) is 0 Å². The van der Waals surface area contributed by atoms with Crippen LogP contribution in [0.3, 0.4) is 0 Å². The van der Waals surface area contributed by atoms with Crippen LogP contribution in [0.2, 0.25) is 0 Å². The summed E-state index contributed by atoms with van der Waals surface area (Å²) < 4.78 is 5.48. The van der Waals surface area contributed by atoms with Gasteiger partial charge in [-0.3, -0.25) is 9.59 Å². The average molecular weight is 502 g/mol. The molecule has 1 aliphatic carbocycles. The number of hydrogen-bond acceptors (Lipinski definition) is 4. The lowest BCUT2D eigenvalue weighted by Gasteiger charge is -2.44. The third-order valence-corrected chi connectivity index (χ3v) is 6.87. The SMILES string of the molecule is CCCCCNC(=O)C(c1ccc(C)cc1)N(C(=O)C(NC(=O)OC(C)(C)C)C(C)CC)C1CCC1. The van der Waals surface area contributed by atoms with Crippen LogP contribution < -0.4 is 10.6 Å². The number of benzene rings is 1. The van der Waals surface area contributed by atoms with Crippen LogP contribution in [0.4, 0.5) is 4.79 Å². The Bertz CT molecular complexity index is 858. The molecule has 1 fully saturated rings. The first kappa shape index (κ1) is 29.7. The third-order valence-electron chi connectivity index (χ3n) is 6.87. The van der Waals surface area contributed by atoms with Gasteiger partial charge in [0, 0.05) is 12.6 Å². The highest BCUT2D eigenvalue weighted by Crippen LogP contribution is 2.34. The quantitative estimate of drug-likeness (QED) is 0.362. The van der Waals surface area contributed by atoms with Crippen molar-refractivity contribution in [3.8, 4) is 0 Å². The van der Waals surface area contributed by atoms with Crippen molar-refractivity contribution in [1.29, 1.82) is 0 Å². The lowest BCUT2D eigenvalue weighted by atomic mass is 9.86. The molecule has 2 N–H and O–H groups in total. The number of aryl methyl sites for hydroxylation is 1. The summed E-state index contributed by atoms with van der Waals surface area (Å²) in [5.41, 5.74) is 1.20. The first-order valence-electron chi connectivity index (χ1n) is 13.6. The van der Waals surface area contributed by atoms with Gasteiger partial charge in [-0.2, -0.15) is 0 Å². The molecule has 0 spiro atoms. The third kappa shape index (κ3) is 8.52. The van der Waals surface area contributed by atoms with E-state index in [4.69, 9.17) is 4.74 Å². The van der Waals surface area contributed by atoms with E-state index in [1.54, 1.807) is 25.7 Å². The lowest BCUT2D eigenvalue weighted by molar-refractivity contribution is -0.148. The molecule has 0 aliphatic heterocycles. The number of alkyl carbamates (subject to hydrolysis) is 1. The Morgan fingerprint density at radius 1 is 1.08 bits per heavy atom. The number of amides is 3. The maximum Gasteiger partial charge on any atom is 0.408 e. The monoisotopic (exact) mass is 501 g/mol. The van der Waals surface area contributed by atoms with Gasteiger partial charge in [0.05, 0.1) is 0 Å². The largest absolute Gasteiger partial charge is 0.444 e. The molecule has 202 valence electrons. The van der Waals surface area contributed by atoms with E-state index >= 15 is 0 Å². The highest BCUT2D eigenvalue weighted by Gasteiger charge is 2.43. The minimum atomic E-state index is -0.786. The number of nitrogens with zero attached hydrogens (tertiary/aromatic N) is 1. The fraction of sp³-hybridized carbons (Fsp3) is 0.690. The Morgan fingerprint density at radius 3 is 2.22 bits per heavy atom. The van der Waals surface area contributed by atoms with Gasteiger partial charge in [0.1, 0.15) is 17.7 Å². The molecule has 1 aromatic rings. The Labute approximate surface area is 217 Å². The van der Waals surface area contributed by atoms with Crippen LogP contribution >= 0.6 is 0 Å². The predicted octanol–water partition coefficient (Wildman–Crippen LogP) is 5.66. The molecule has 0 heterocycles. The first-order valence-corrected chi connectivity index (χ1v) is 13.6. The molecule has 0 saturated heterocycles. The second-order valence-electron chi connectivity index (χ2n) is 11.2. The van der Waals surface area contributed by atoms with Crippen LogP contribution in [-0.4, -0.2) is 47.0 Å². The van der Waals surface area contributed by atoms with Crippen LogP contribution in [0.1, 0.15) is 104 Å². The van der Waals surface area contributed by atoms with Crippen molar-refractivity contribution in [3.63, 3.8) is 0 Å². The Kier molecular flexibility index (Phi) is 11.3. The van der Waals surface area contributed by atoms with Crippen molar-refractivity contribution in [2.45, 2.75) is 117 Å². The van der Waals surface area contributed by atoms with Crippen molar-refractivity contribution >= 4 is 17.9 Å². The van der Waals surface area contributed by atoms with E-state index in [0.29, 0.717) is 13.0 Å². The normalized spacial score (nSPS) is 16.3. The molecule has 0 radical (unpaired) electrons. The van der Waals surface area contributed by atoms with E-state index in [1.165, 1.54) is 0 Å². The number of hydrogen-bond donors (Lipinski definition) is 2. The molecule has 0 bridgehead atoms. The summed E-state index contributed by atoms with van der Waals surface area (Å²) in [7, 11) is 0. The summed E-state index contributed by atoms with van der Waals surface area (Å²) in [4.78, 5) is 42.3. The fourth-order valence-electron chi connectivity index (χ4n) is 4.33. The standard InChI is InChI=1S/C29H47N3O4/c1-8-10-11-19-30-26(33)25(22-17-15-20(3)16-18-22)32(23-13-12-14-23)27(34)24(21(4)9-2)31-28(35)36-29(5,6)7/h15-18,21,23-25H,8-14,19H2,1-7H3,(H,30,33)(H,31,35). The molecule has 7 heteroatoms. The van der Waals surface area contributed by atoms with Gasteiger partial charge in [0.2, 0.25) is 11.8 Å². The van der Waals surface area contributed by atoms with E-state index in [0.717, 1.165) is 49.7 Å². The summed E-state index contributed by atoms with van der Waals surface area (Å²) in [6.45, 7) is 14.0. The molecule has 7 nitrogen and oxygen atoms in total. The summed E-state index contributed by atoms with van der Waals surface area (Å²) in [6.07, 6.45) is 5.78. The average Bonchev–Trinajstić information content (AvgIpc) is 2.77. The zero-order valence-corrected chi connectivity index (χ0v) is 23.4. The van der Waals surface area contributed by atoms with Gasteiger partial charge in [0.25, 0.3) is 0 Å². The zero-order chi connectivity index (χ0) is 26.9. The van der Waals surface area contributed by atoms with Gasteiger partial charge < -0.3 is 20.3 Å². The van der Waals surface area contributed by atoms with E-state index in [-0.39, 0.29) is 23.8 Å². The van der Waals surface area contributed by atoms with Gasteiger partial charge in [-0.15, -0.1) is 0 Å². The van der Waals surface area contributed by atoms with E-state index in [9.17, 15) is 14.4 Å². The molecule has 3 unspecified atom stereocenters. The van der Waals surface area contributed by atoms with E-state index < -0.39 is 23.8 Å². The number of rotatable bonds is 12. The van der Waals surface area contributed by atoms with Gasteiger partial charge >= 0.3 is 6.09 Å². The smallest absolute Gasteiger partial charge is 0.408 e. The van der Waals surface area contributed by atoms with E-state index in [1.807, 2.05) is 45.0 Å².